The van der Waals surface area contributed by atoms with E-state index in [0.29, 0.717) is 0 Å². The number of nitro benzene ring substituents is 1. The summed E-state index contributed by atoms with van der Waals surface area (Å²) in [6.45, 7) is 1.75. The number of aryl methyl sites for hydroxylation is 1. The lowest BCUT2D eigenvalue weighted by Gasteiger charge is -2.20. The van der Waals surface area contributed by atoms with Gasteiger partial charge in [-0.25, -0.2) is 4.98 Å². The number of aromatic nitrogens is 2. The van der Waals surface area contributed by atoms with Crippen LogP contribution in [0.4, 0.5) is 11.4 Å². The van der Waals surface area contributed by atoms with E-state index in [4.69, 9.17) is 0 Å². The van der Waals surface area contributed by atoms with Crippen molar-refractivity contribution in [2.75, 3.05) is 18.5 Å². The Hall–Kier alpha value is -1.89. The molecule has 0 aliphatic heterocycles. The first-order chi connectivity index (χ1) is 9.58. The highest BCUT2D eigenvalue weighted by Crippen LogP contribution is 2.29. The molecule has 20 heavy (non-hydrogen) atoms. The SMILES string of the molecule is CN(CCCn1ccnc1)c1ccc([N+](=O)[O-])cc1Br. The van der Waals surface area contributed by atoms with Crippen molar-refractivity contribution in [3.8, 4) is 0 Å². The highest BCUT2D eigenvalue weighted by Gasteiger charge is 2.11. The Bertz CT molecular complexity index is 586. The number of hydrogen-bond donors (Lipinski definition) is 0. The van der Waals surface area contributed by atoms with Crippen molar-refractivity contribution in [2.45, 2.75) is 13.0 Å². The first-order valence-electron chi connectivity index (χ1n) is 6.19. The molecule has 0 unspecified atom stereocenters. The van der Waals surface area contributed by atoms with Crippen LogP contribution in [0.1, 0.15) is 6.42 Å². The second kappa shape index (κ2) is 6.51. The average Bonchev–Trinajstić information content (AvgIpc) is 2.91. The Morgan fingerprint density at radius 2 is 2.30 bits per heavy atom. The van der Waals surface area contributed by atoms with Crippen LogP contribution in [-0.4, -0.2) is 28.1 Å². The second-order valence-electron chi connectivity index (χ2n) is 4.47. The van der Waals surface area contributed by atoms with Gasteiger partial charge in [0, 0.05) is 49.1 Å². The van der Waals surface area contributed by atoms with E-state index >= 15 is 0 Å². The summed E-state index contributed by atoms with van der Waals surface area (Å²) >= 11 is 3.39. The summed E-state index contributed by atoms with van der Waals surface area (Å²) in [4.78, 5) is 16.4. The van der Waals surface area contributed by atoms with E-state index in [-0.39, 0.29) is 5.69 Å². The quantitative estimate of drug-likeness (QED) is 0.599. The number of anilines is 1. The van der Waals surface area contributed by atoms with Gasteiger partial charge in [-0.1, -0.05) is 0 Å². The predicted molar refractivity (Wildman–Crippen MR) is 80.9 cm³/mol. The number of hydrogen-bond acceptors (Lipinski definition) is 4. The Morgan fingerprint density at radius 1 is 1.50 bits per heavy atom. The lowest BCUT2D eigenvalue weighted by atomic mass is 10.2. The Kier molecular flexibility index (Phi) is 4.73. The largest absolute Gasteiger partial charge is 0.374 e. The molecule has 6 nitrogen and oxygen atoms in total. The van der Waals surface area contributed by atoms with Crippen LogP contribution in [-0.2, 0) is 6.54 Å². The molecule has 1 aromatic heterocycles. The number of imidazole rings is 1. The van der Waals surface area contributed by atoms with Crippen LogP contribution in [0.15, 0.2) is 41.4 Å². The topological polar surface area (TPSA) is 64.2 Å². The van der Waals surface area contributed by atoms with Crippen LogP contribution in [0.3, 0.4) is 0 Å². The normalized spacial score (nSPS) is 10.5. The van der Waals surface area contributed by atoms with Gasteiger partial charge in [0.25, 0.3) is 5.69 Å². The molecule has 0 fully saturated rings. The fourth-order valence-corrected chi connectivity index (χ4v) is 2.62. The van der Waals surface area contributed by atoms with Crippen LogP contribution in [0.2, 0.25) is 0 Å². The summed E-state index contributed by atoms with van der Waals surface area (Å²) in [5.74, 6) is 0. The number of rotatable bonds is 6. The van der Waals surface area contributed by atoms with E-state index in [2.05, 4.69) is 25.8 Å². The summed E-state index contributed by atoms with van der Waals surface area (Å²) in [5, 5.41) is 10.7. The maximum atomic E-state index is 10.7. The molecule has 0 spiro atoms. The smallest absolute Gasteiger partial charge is 0.270 e. The number of nitro groups is 1. The number of nitrogens with zero attached hydrogens (tertiary/aromatic N) is 4. The molecule has 7 heteroatoms. The molecule has 0 saturated heterocycles. The molecule has 2 rings (SSSR count). The van der Waals surface area contributed by atoms with Gasteiger partial charge in [-0.15, -0.1) is 0 Å². The van der Waals surface area contributed by atoms with E-state index in [1.54, 1.807) is 18.6 Å². The minimum absolute atomic E-state index is 0.0902. The summed E-state index contributed by atoms with van der Waals surface area (Å²) < 4.78 is 2.76. The van der Waals surface area contributed by atoms with E-state index in [9.17, 15) is 10.1 Å². The highest BCUT2D eigenvalue weighted by molar-refractivity contribution is 9.10. The van der Waals surface area contributed by atoms with Crippen LogP contribution < -0.4 is 4.90 Å². The number of benzene rings is 1. The van der Waals surface area contributed by atoms with Gasteiger partial charge < -0.3 is 9.47 Å². The van der Waals surface area contributed by atoms with E-state index < -0.39 is 4.92 Å². The van der Waals surface area contributed by atoms with Gasteiger partial charge in [0.05, 0.1) is 16.9 Å². The average molecular weight is 339 g/mol. The lowest BCUT2D eigenvalue weighted by Crippen LogP contribution is -2.20. The standard InChI is InChI=1S/C13H15BrN4O2/c1-16(6-2-7-17-8-5-15-10-17)13-4-3-11(18(19)20)9-12(13)14/h3-5,8-10H,2,6-7H2,1H3. The Morgan fingerprint density at radius 3 is 2.90 bits per heavy atom. The van der Waals surface area contributed by atoms with Crippen LogP contribution in [0.5, 0.6) is 0 Å². The molecule has 0 amide bonds. The fourth-order valence-electron chi connectivity index (χ4n) is 1.95. The third-order valence-corrected chi connectivity index (χ3v) is 3.66. The molecule has 0 saturated carbocycles. The molecule has 1 heterocycles. The van der Waals surface area contributed by atoms with Gasteiger partial charge in [-0.05, 0) is 28.4 Å². The van der Waals surface area contributed by atoms with Crippen LogP contribution in [0, 0.1) is 10.1 Å². The molecule has 0 radical (unpaired) electrons. The summed E-state index contributed by atoms with van der Waals surface area (Å²) in [7, 11) is 1.97. The summed E-state index contributed by atoms with van der Waals surface area (Å²) in [6, 6.07) is 4.81. The third kappa shape index (κ3) is 3.57. The zero-order chi connectivity index (χ0) is 14.5. The minimum atomic E-state index is -0.395. The molecular formula is C13H15BrN4O2. The maximum Gasteiger partial charge on any atom is 0.270 e. The molecule has 1 aromatic carbocycles. The minimum Gasteiger partial charge on any atom is -0.374 e. The fraction of sp³-hybridized carbons (Fsp3) is 0.308. The maximum absolute atomic E-state index is 10.7. The van der Waals surface area contributed by atoms with E-state index in [0.717, 1.165) is 29.7 Å². The Labute approximate surface area is 125 Å². The summed E-state index contributed by atoms with van der Waals surface area (Å²) in [6.07, 6.45) is 6.45. The van der Waals surface area contributed by atoms with Crippen molar-refractivity contribution >= 4 is 27.3 Å². The monoisotopic (exact) mass is 338 g/mol. The molecule has 106 valence electrons. The van der Waals surface area contributed by atoms with Gasteiger partial charge in [0.1, 0.15) is 0 Å². The molecular weight excluding hydrogens is 324 g/mol. The highest BCUT2D eigenvalue weighted by atomic mass is 79.9. The first-order valence-corrected chi connectivity index (χ1v) is 6.98. The van der Waals surface area contributed by atoms with Crippen LogP contribution >= 0.6 is 15.9 Å². The lowest BCUT2D eigenvalue weighted by molar-refractivity contribution is -0.384. The van der Waals surface area contributed by atoms with Gasteiger partial charge in [0.2, 0.25) is 0 Å². The molecule has 0 aliphatic carbocycles. The van der Waals surface area contributed by atoms with Crippen LogP contribution in [0.25, 0.3) is 0 Å². The van der Waals surface area contributed by atoms with Crippen molar-refractivity contribution in [1.82, 2.24) is 9.55 Å². The number of halogens is 1. The summed E-state index contributed by atoms with van der Waals surface area (Å²) in [5.41, 5.74) is 1.04. The van der Waals surface area contributed by atoms with Crippen molar-refractivity contribution in [3.05, 3.63) is 51.5 Å². The van der Waals surface area contributed by atoms with E-state index in [1.165, 1.54) is 12.1 Å². The predicted octanol–water partition coefficient (Wildman–Crippen LogP) is 3.08. The molecule has 0 atom stereocenters. The third-order valence-electron chi connectivity index (χ3n) is 3.02. The van der Waals surface area contributed by atoms with Gasteiger partial charge >= 0.3 is 0 Å². The first kappa shape index (κ1) is 14.5. The molecule has 0 aliphatic rings. The molecule has 0 N–H and O–H groups in total. The van der Waals surface area contributed by atoms with Gasteiger partial charge in [0.15, 0.2) is 0 Å². The molecule has 2 aromatic rings. The van der Waals surface area contributed by atoms with Crippen molar-refractivity contribution < 1.29 is 4.92 Å². The number of non-ortho nitro benzene ring substituents is 1. The van der Waals surface area contributed by atoms with Crippen molar-refractivity contribution in [3.63, 3.8) is 0 Å². The Balaban J connectivity index is 1.95. The zero-order valence-corrected chi connectivity index (χ0v) is 12.7. The molecule has 0 bridgehead atoms. The van der Waals surface area contributed by atoms with Gasteiger partial charge in [-0.2, -0.15) is 0 Å². The zero-order valence-electron chi connectivity index (χ0n) is 11.1. The van der Waals surface area contributed by atoms with Crippen molar-refractivity contribution in [1.29, 1.82) is 0 Å². The van der Waals surface area contributed by atoms with Crippen molar-refractivity contribution in [2.24, 2.45) is 0 Å². The second-order valence-corrected chi connectivity index (χ2v) is 5.32. The van der Waals surface area contributed by atoms with E-state index in [1.807, 2.05) is 17.8 Å². The van der Waals surface area contributed by atoms with Gasteiger partial charge in [-0.3, -0.25) is 10.1 Å².